The molecule has 2 aromatic carbocycles. The largest absolute Gasteiger partial charge is 0.490 e. The van der Waals surface area contributed by atoms with Gasteiger partial charge in [-0.05, 0) is 95.5 Å². The fourth-order valence-electron chi connectivity index (χ4n) is 9.80. The predicted molar refractivity (Wildman–Crippen MR) is 219 cm³/mol. The van der Waals surface area contributed by atoms with Gasteiger partial charge >= 0.3 is 12.2 Å². The van der Waals surface area contributed by atoms with Crippen LogP contribution in [0.3, 0.4) is 0 Å². The first-order chi connectivity index (χ1) is 28.9. The van der Waals surface area contributed by atoms with Crippen LogP contribution in [-0.2, 0) is 10.9 Å². The van der Waals surface area contributed by atoms with Gasteiger partial charge in [0.15, 0.2) is 5.82 Å². The number of halogens is 5. The molecular formula is C43H45F5N8O3S. The number of rotatable bonds is 10. The zero-order chi connectivity index (χ0) is 41.9. The normalized spacial score (nSPS) is 18.8. The monoisotopic (exact) mass is 848 g/mol. The van der Waals surface area contributed by atoms with Gasteiger partial charge in [-0.3, -0.25) is 4.90 Å². The summed E-state index contributed by atoms with van der Waals surface area (Å²) in [6, 6.07) is 6.75. The first kappa shape index (κ1) is 40.4. The highest BCUT2D eigenvalue weighted by Gasteiger charge is 2.47. The van der Waals surface area contributed by atoms with E-state index < -0.39 is 46.2 Å². The van der Waals surface area contributed by atoms with Crippen molar-refractivity contribution in [1.82, 2.24) is 19.9 Å². The molecule has 0 bridgehead atoms. The average molecular weight is 849 g/mol. The third kappa shape index (κ3) is 6.99. The second-order valence-electron chi connectivity index (χ2n) is 16.5. The molecule has 9 rings (SSSR count). The highest BCUT2D eigenvalue weighted by Crippen LogP contribution is 2.54. The number of anilines is 3. The lowest BCUT2D eigenvalue weighted by Gasteiger charge is -2.36. The molecule has 17 heteroatoms. The van der Waals surface area contributed by atoms with Crippen LogP contribution < -0.4 is 25.4 Å². The molecule has 7 heterocycles. The fourth-order valence-corrected chi connectivity index (χ4v) is 11.0. The zero-order valence-electron chi connectivity index (χ0n) is 33.3. The van der Waals surface area contributed by atoms with E-state index in [4.69, 9.17) is 24.9 Å². The average Bonchev–Trinajstić information content (AvgIpc) is 3.88. The number of nitrogen functional groups attached to an aromatic ring is 1. The van der Waals surface area contributed by atoms with E-state index in [-0.39, 0.29) is 86.5 Å². The summed E-state index contributed by atoms with van der Waals surface area (Å²) in [4.78, 5) is 18.0. The summed E-state index contributed by atoms with van der Waals surface area (Å²) in [5, 5.41) is 13.3. The van der Waals surface area contributed by atoms with Crippen LogP contribution in [0.2, 0.25) is 0 Å². The molecule has 11 nitrogen and oxygen atoms in total. The molecule has 3 fully saturated rings. The van der Waals surface area contributed by atoms with Crippen molar-refractivity contribution in [3.05, 3.63) is 58.8 Å². The topological polar surface area (TPSA) is 135 Å². The molecule has 1 atom stereocenters. The molecule has 0 amide bonds. The van der Waals surface area contributed by atoms with Gasteiger partial charge in [-0.25, -0.2) is 13.8 Å². The van der Waals surface area contributed by atoms with Crippen LogP contribution in [0.15, 0.2) is 30.5 Å². The van der Waals surface area contributed by atoms with Gasteiger partial charge in [0, 0.05) is 42.0 Å². The molecule has 0 aliphatic carbocycles. The number of benzene rings is 2. The summed E-state index contributed by atoms with van der Waals surface area (Å²) in [6.07, 6.45) is 2.19. The Morgan fingerprint density at radius 2 is 1.83 bits per heavy atom. The maximum Gasteiger partial charge on any atom is 0.420 e. The molecule has 1 unspecified atom stereocenters. The molecule has 5 aromatic rings. The van der Waals surface area contributed by atoms with E-state index in [1.165, 1.54) is 0 Å². The Morgan fingerprint density at radius 3 is 2.53 bits per heavy atom. The van der Waals surface area contributed by atoms with E-state index in [0.29, 0.717) is 25.2 Å². The second kappa shape index (κ2) is 15.8. The van der Waals surface area contributed by atoms with Crippen LogP contribution in [0.1, 0.15) is 81.5 Å². The minimum atomic E-state index is -5.20. The smallest absolute Gasteiger partial charge is 0.420 e. The Hall–Kier alpha value is -5.05. The number of alkyl halides is 3. The highest BCUT2D eigenvalue weighted by molar-refractivity contribution is 7.23. The highest BCUT2D eigenvalue weighted by atomic mass is 32.1. The van der Waals surface area contributed by atoms with Gasteiger partial charge in [-0.15, -0.1) is 11.3 Å². The van der Waals surface area contributed by atoms with Gasteiger partial charge in [0.2, 0.25) is 0 Å². The van der Waals surface area contributed by atoms with Gasteiger partial charge in [-0.2, -0.15) is 28.4 Å². The Balaban J connectivity index is 1.32. The maximum atomic E-state index is 17.9. The SMILES string of the molecule is CC(C)Nc1sc2c(F)ccc(-c3c(C(F)(F)F)c4c5c(nc(OCC67CCCN6CCC7)nc5c3F)N(C(CC3CCOCC3)c3cccnc3N)CCO4)c2c1C#N. The van der Waals surface area contributed by atoms with Crippen LogP contribution in [0.5, 0.6) is 11.8 Å². The molecule has 3 saturated heterocycles. The lowest BCUT2D eigenvalue weighted by atomic mass is 9.88. The van der Waals surface area contributed by atoms with E-state index in [0.717, 1.165) is 75.1 Å². The van der Waals surface area contributed by atoms with E-state index in [9.17, 15) is 5.26 Å². The molecular weight excluding hydrogens is 804 g/mol. The molecule has 4 aliphatic heterocycles. The van der Waals surface area contributed by atoms with Crippen LogP contribution in [0, 0.1) is 28.9 Å². The van der Waals surface area contributed by atoms with Crippen molar-refractivity contribution in [3.8, 4) is 29.0 Å². The molecule has 0 radical (unpaired) electrons. The van der Waals surface area contributed by atoms with E-state index in [1.807, 2.05) is 30.9 Å². The van der Waals surface area contributed by atoms with Crippen molar-refractivity contribution in [1.29, 1.82) is 5.26 Å². The molecule has 4 aliphatic rings. The standard InChI is InChI=1S/C43H45F5N8O3S/c1-23(2)52-40-27(21-49)30-26(7-8-28(44)37(30)60-40)31-33(43(46,47)48)36-32-35(34(31)45)53-41(59-22-42-11-4-14-55(42)15-5-12-42)54-39(32)56(16-19-58-36)29(20-24-9-17-57-18-10-24)25-6-3-13-51-38(25)50/h3,6-8,13,23-24,29,52H,4-5,9-12,14-20,22H2,1-2H3,(H2,50,51). The second-order valence-corrected chi connectivity index (χ2v) is 17.5. The lowest BCUT2D eigenvalue weighted by molar-refractivity contribution is -0.138. The van der Waals surface area contributed by atoms with E-state index >= 15 is 22.0 Å². The van der Waals surface area contributed by atoms with Crippen molar-refractivity contribution in [2.75, 3.05) is 62.0 Å². The summed E-state index contributed by atoms with van der Waals surface area (Å²) in [6.45, 7) is 6.60. The molecule has 3 N–H and O–H groups in total. The zero-order valence-corrected chi connectivity index (χ0v) is 34.1. The fraction of sp³-hybridized carbons (Fsp3) is 0.488. The first-order valence-electron chi connectivity index (χ1n) is 20.5. The summed E-state index contributed by atoms with van der Waals surface area (Å²) in [5.74, 6) is -2.33. The number of nitrogens with zero attached hydrogens (tertiary/aromatic N) is 6. The van der Waals surface area contributed by atoms with Crippen molar-refractivity contribution < 1.29 is 36.2 Å². The van der Waals surface area contributed by atoms with E-state index in [1.54, 1.807) is 12.3 Å². The van der Waals surface area contributed by atoms with Crippen molar-refractivity contribution in [2.24, 2.45) is 5.92 Å². The van der Waals surface area contributed by atoms with Gasteiger partial charge in [-0.1, -0.05) is 12.1 Å². The van der Waals surface area contributed by atoms with Gasteiger partial charge < -0.3 is 30.2 Å². The minimum Gasteiger partial charge on any atom is -0.490 e. The number of nitrogens with two attached hydrogens (primary N) is 1. The van der Waals surface area contributed by atoms with Crippen molar-refractivity contribution >= 4 is 49.0 Å². The van der Waals surface area contributed by atoms with Crippen molar-refractivity contribution in [2.45, 2.75) is 82.6 Å². The Labute approximate surface area is 347 Å². The quantitative estimate of drug-likeness (QED) is 0.130. The summed E-state index contributed by atoms with van der Waals surface area (Å²) < 4.78 is 99.3. The Morgan fingerprint density at radius 1 is 1.07 bits per heavy atom. The van der Waals surface area contributed by atoms with Crippen molar-refractivity contribution in [3.63, 3.8) is 0 Å². The first-order valence-corrected chi connectivity index (χ1v) is 21.3. The van der Waals surface area contributed by atoms with Crippen LogP contribution in [-0.4, -0.2) is 77.5 Å². The van der Waals surface area contributed by atoms with Gasteiger partial charge in [0.05, 0.1) is 33.8 Å². The number of pyridine rings is 1. The number of hydrogen-bond donors (Lipinski definition) is 2. The van der Waals surface area contributed by atoms with E-state index in [2.05, 4.69) is 20.2 Å². The molecule has 60 heavy (non-hydrogen) atoms. The third-order valence-electron chi connectivity index (χ3n) is 12.5. The molecule has 0 spiro atoms. The van der Waals surface area contributed by atoms with Gasteiger partial charge in [0.25, 0.3) is 0 Å². The predicted octanol–water partition coefficient (Wildman–Crippen LogP) is 9.24. The van der Waals surface area contributed by atoms with Crippen LogP contribution in [0.25, 0.3) is 32.1 Å². The molecule has 316 valence electrons. The number of fused-ring (bicyclic) bond motifs is 2. The Bertz CT molecular complexity index is 2490. The number of aromatic nitrogens is 3. The number of ether oxygens (including phenoxy) is 3. The lowest BCUT2D eigenvalue weighted by Crippen LogP contribution is -2.43. The summed E-state index contributed by atoms with van der Waals surface area (Å²) in [7, 11) is 0. The summed E-state index contributed by atoms with van der Waals surface area (Å²) >= 11 is 0.884. The van der Waals surface area contributed by atoms with Crippen LogP contribution in [0.4, 0.5) is 38.6 Å². The number of thiophene rings is 1. The van der Waals surface area contributed by atoms with Crippen LogP contribution >= 0.6 is 11.3 Å². The third-order valence-corrected chi connectivity index (χ3v) is 13.6. The number of nitriles is 1. The number of hydrogen-bond acceptors (Lipinski definition) is 12. The number of nitrogens with one attached hydrogen (secondary N) is 1. The summed E-state index contributed by atoms with van der Waals surface area (Å²) in [5.41, 5.74) is 3.73. The minimum absolute atomic E-state index is 0.00637. The maximum absolute atomic E-state index is 17.9. The molecule has 3 aromatic heterocycles. The van der Waals surface area contributed by atoms with Gasteiger partial charge in [0.1, 0.15) is 58.6 Å². The molecule has 0 saturated carbocycles. The Kier molecular flexibility index (Phi) is 10.6.